The Kier molecular flexibility index (Phi) is 7.08. The predicted octanol–water partition coefficient (Wildman–Crippen LogP) is 1.68. The normalized spacial score (nSPS) is 25.1. The molecule has 1 N–H and O–H groups in total. The Hall–Kier alpha value is -2.08. The van der Waals surface area contributed by atoms with Gasteiger partial charge in [-0.1, -0.05) is 0 Å². The van der Waals surface area contributed by atoms with Crippen LogP contribution in [0.5, 0.6) is 0 Å². The van der Waals surface area contributed by atoms with E-state index < -0.39 is 16.5 Å². The fourth-order valence-electron chi connectivity index (χ4n) is 5.01. The second-order valence-corrected chi connectivity index (χ2v) is 9.87. The lowest BCUT2D eigenvalue weighted by Gasteiger charge is -2.36. The zero-order chi connectivity index (χ0) is 22.7. The third kappa shape index (κ3) is 5.28. The van der Waals surface area contributed by atoms with Crippen molar-refractivity contribution in [3.63, 3.8) is 0 Å². The number of carbonyl (C=O) groups excluding carboxylic acids is 1. The van der Waals surface area contributed by atoms with E-state index >= 15 is 0 Å². The van der Waals surface area contributed by atoms with Crippen LogP contribution in [0, 0.1) is 15.5 Å². The minimum absolute atomic E-state index is 0.0614. The lowest BCUT2D eigenvalue weighted by Crippen LogP contribution is -2.47. The van der Waals surface area contributed by atoms with Crippen LogP contribution in [0.25, 0.3) is 0 Å². The Labute approximate surface area is 189 Å². The number of piperazine rings is 1. The van der Waals surface area contributed by atoms with Gasteiger partial charge in [-0.3, -0.25) is 24.7 Å². The van der Waals surface area contributed by atoms with Crippen molar-refractivity contribution in [1.82, 2.24) is 9.80 Å². The molecule has 4 rings (SSSR count). The maximum Gasteiger partial charge on any atom is 0.312 e. The first-order chi connectivity index (χ1) is 15.3. The van der Waals surface area contributed by atoms with Gasteiger partial charge >= 0.3 is 5.97 Å². The highest BCUT2D eigenvalue weighted by molar-refractivity contribution is 7.79. The summed E-state index contributed by atoms with van der Waals surface area (Å²) >= 11 is -1.84. The highest BCUT2D eigenvalue weighted by Gasteiger charge is 2.50. The van der Waals surface area contributed by atoms with Crippen LogP contribution in [0.2, 0.25) is 0 Å². The molecule has 32 heavy (non-hydrogen) atoms. The lowest BCUT2D eigenvalue weighted by molar-refractivity contribution is -0.384. The van der Waals surface area contributed by atoms with Crippen LogP contribution in [0.4, 0.5) is 11.4 Å². The molecule has 10 nitrogen and oxygen atoms in total. The van der Waals surface area contributed by atoms with Crippen molar-refractivity contribution in [2.45, 2.75) is 31.8 Å². The average Bonchev–Trinajstić information content (AvgIpc) is 3.09. The van der Waals surface area contributed by atoms with Crippen LogP contribution in [-0.4, -0.2) is 87.2 Å². The highest BCUT2D eigenvalue weighted by atomic mass is 32.2. The van der Waals surface area contributed by atoms with Gasteiger partial charge in [0.1, 0.15) is 12.0 Å². The van der Waals surface area contributed by atoms with E-state index in [0.29, 0.717) is 25.9 Å². The maximum atomic E-state index is 12.6. The molecule has 0 amide bonds. The Balaban J connectivity index is 1.20. The fraction of sp³-hybridized carbons (Fsp3) is 0.667. The number of nitro benzene ring substituents is 1. The zero-order valence-electron chi connectivity index (χ0n) is 18.1. The molecule has 176 valence electrons. The molecule has 1 unspecified atom stereocenters. The van der Waals surface area contributed by atoms with Gasteiger partial charge in [0, 0.05) is 70.1 Å². The first-order valence-corrected chi connectivity index (χ1v) is 12.3. The number of hydrogen-bond acceptors (Lipinski definition) is 8. The molecular weight excluding hydrogens is 436 g/mol. The van der Waals surface area contributed by atoms with E-state index in [9.17, 15) is 19.1 Å². The van der Waals surface area contributed by atoms with Crippen LogP contribution >= 0.6 is 0 Å². The number of anilines is 1. The number of nitrogens with zero attached hydrogens (tertiary/aromatic N) is 4. The van der Waals surface area contributed by atoms with E-state index in [4.69, 9.17) is 9.29 Å². The summed E-state index contributed by atoms with van der Waals surface area (Å²) in [5, 5.41) is 10.8. The van der Waals surface area contributed by atoms with E-state index in [1.54, 1.807) is 24.3 Å². The van der Waals surface area contributed by atoms with E-state index in [2.05, 4.69) is 9.80 Å². The molecule has 0 bridgehead atoms. The van der Waals surface area contributed by atoms with Gasteiger partial charge in [0.15, 0.2) is 11.1 Å². The Morgan fingerprint density at radius 3 is 2.34 bits per heavy atom. The Morgan fingerprint density at radius 2 is 1.75 bits per heavy atom. The van der Waals surface area contributed by atoms with Gasteiger partial charge in [0.05, 0.1) is 10.3 Å². The minimum atomic E-state index is -1.84. The number of non-ortho nitro benzene ring substituents is 1. The van der Waals surface area contributed by atoms with Gasteiger partial charge in [-0.25, -0.2) is 4.21 Å². The van der Waals surface area contributed by atoms with Gasteiger partial charge in [0.25, 0.3) is 5.69 Å². The molecule has 1 aromatic rings. The van der Waals surface area contributed by atoms with E-state index in [-0.39, 0.29) is 28.6 Å². The number of nitro groups is 1. The summed E-state index contributed by atoms with van der Waals surface area (Å²) in [7, 11) is 0. The summed E-state index contributed by atoms with van der Waals surface area (Å²) in [4.78, 5) is 29.6. The molecule has 3 aliphatic rings. The number of ether oxygens (including phenoxy) is 1. The minimum Gasteiger partial charge on any atom is -0.462 e. The SMILES string of the molecule is O=C1O[C@H](CCN2CCN(c3ccc([N+](=O)[O-])cc3)CC2)CC12CCN(CS(=O)O)CC2. The summed E-state index contributed by atoms with van der Waals surface area (Å²) in [5.74, 6) is 0.0377. The van der Waals surface area contributed by atoms with Crippen molar-refractivity contribution in [1.29, 1.82) is 0 Å². The molecule has 1 aromatic carbocycles. The molecule has 11 heteroatoms. The summed E-state index contributed by atoms with van der Waals surface area (Å²) in [6.07, 6.45) is 2.87. The molecule has 2 atom stereocenters. The van der Waals surface area contributed by atoms with Crippen LogP contribution in [0.3, 0.4) is 0 Å². The van der Waals surface area contributed by atoms with Crippen LogP contribution in [-0.2, 0) is 20.6 Å². The molecule has 3 heterocycles. The molecule has 0 saturated carbocycles. The second-order valence-electron chi connectivity index (χ2n) is 8.97. The number of rotatable bonds is 7. The standard InChI is InChI=1S/C21H30N4O6S/c26-20-21(6-9-23(10-7-21)16-32(29)30)15-19(31-20)5-8-22-11-13-24(14-12-22)17-1-3-18(4-2-17)25(27)28/h1-4,19H,5-16H2,(H,29,30)/t19-/m1/s1. The third-order valence-corrected chi connectivity index (χ3v) is 7.58. The van der Waals surface area contributed by atoms with Gasteiger partial charge in [0.2, 0.25) is 0 Å². The molecule has 0 aromatic heterocycles. The first-order valence-electron chi connectivity index (χ1n) is 11.1. The van der Waals surface area contributed by atoms with Gasteiger partial charge in [-0.05, 0) is 31.4 Å². The molecule has 0 aliphatic carbocycles. The van der Waals surface area contributed by atoms with Crippen molar-refractivity contribution >= 4 is 28.4 Å². The summed E-state index contributed by atoms with van der Waals surface area (Å²) < 4.78 is 25.8. The van der Waals surface area contributed by atoms with Crippen LogP contribution < -0.4 is 4.90 Å². The van der Waals surface area contributed by atoms with Gasteiger partial charge in [-0.15, -0.1) is 0 Å². The highest BCUT2D eigenvalue weighted by Crippen LogP contribution is 2.43. The zero-order valence-corrected chi connectivity index (χ0v) is 18.9. The maximum absolute atomic E-state index is 12.6. The third-order valence-electron chi connectivity index (χ3n) is 7.00. The van der Waals surface area contributed by atoms with E-state index in [1.807, 2.05) is 4.90 Å². The monoisotopic (exact) mass is 466 g/mol. The van der Waals surface area contributed by atoms with Crippen LogP contribution in [0.15, 0.2) is 24.3 Å². The largest absolute Gasteiger partial charge is 0.462 e. The molecule has 1 spiro atoms. The number of esters is 1. The summed E-state index contributed by atoms with van der Waals surface area (Å²) in [6.45, 7) is 5.68. The summed E-state index contributed by atoms with van der Waals surface area (Å²) in [6, 6.07) is 6.68. The van der Waals surface area contributed by atoms with Crippen molar-refractivity contribution < 1.29 is 23.2 Å². The van der Waals surface area contributed by atoms with Gasteiger partial charge in [-0.2, -0.15) is 0 Å². The number of hydrogen-bond donors (Lipinski definition) is 1. The molecule has 3 aliphatic heterocycles. The molecule has 3 saturated heterocycles. The van der Waals surface area contributed by atoms with Crippen molar-refractivity contribution in [3.8, 4) is 0 Å². The molecule has 3 fully saturated rings. The van der Waals surface area contributed by atoms with Gasteiger partial charge < -0.3 is 14.2 Å². The fourth-order valence-corrected chi connectivity index (χ4v) is 5.58. The number of benzene rings is 1. The van der Waals surface area contributed by atoms with Crippen molar-refractivity contribution in [3.05, 3.63) is 34.4 Å². The van der Waals surface area contributed by atoms with E-state index in [1.165, 1.54) is 0 Å². The Morgan fingerprint density at radius 1 is 1.09 bits per heavy atom. The molecular formula is C21H30N4O6S. The Bertz CT molecular complexity index is 850. The number of cyclic esters (lactones) is 1. The average molecular weight is 467 g/mol. The second kappa shape index (κ2) is 9.82. The lowest BCUT2D eigenvalue weighted by atomic mass is 9.76. The van der Waals surface area contributed by atoms with Crippen molar-refractivity contribution in [2.75, 3.05) is 56.6 Å². The smallest absolute Gasteiger partial charge is 0.312 e. The number of piperidine rings is 1. The quantitative estimate of drug-likeness (QED) is 0.277. The summed E-state index contributed by atoms with van der Waals surface area (Å²) in [5.41, 5.74) is 0.677. The van der Waals surface area contributed by atoms with Crippen LogP contribution in [0.1, 0.15) is 25.7 Å². The van der Waals surface area contributed by atoms with Crippen molar-refractivity contribution in [2.24, 2.45) is 5.41 Å². The topological polar surface area (TPSA) is 116 Å². The first kappa shape index (κ1) is 23.1. The predicted molar refractivity (Wildman–Crippen MR) is 120 cm³/mol. The number of likely N-dealkylation sites (tertiary alicyclic amines) is 1. The number of carbonyl (C=O) groups is 1. The molecule has 0 radical (unpaired) electrons. The van der Waals surface area contributed by atoms with E-state index in [0.717, 1.165) is 51.3 Å².